The van der Waals surface area contributed by atoms with Crippen LogP contribution in [0.25, 0.3) is 0 Å². The first-order valence-corrected chi connectivity index (χ1v) is 6.59. The second kappa shape index (κ2) is 5.43. The molecule has 0 aliphatic heterocycles. The topological polar surface area (TPSA) is 139 Å². The molecule has 0 radical (unpaired) electrons. The third kappa shape index (κ3) is 5.61. The van der Waals surface area contributed by atoms with Crippen LogP contribution < -0.4 is 15.2 Å². The smallest absolute Gasteiger partial charge is 0.321 e. The molecular weight excluding hydrogens is 250 g/mol. The molecular formula is C8H15N3O5S. The number of carbonyl (C=O) groups is 2. The van der Waals surface area contributed by atoms with E-state index in [9.17, 15) is 18.0 Å². The first-order valence-electron chi connectivity index (χ1n) is 5.11. The largest absolute Gasteiger partial charge is 0.480 e. The highest BCUT2D eigenvalue weighted by Crippen LogP contribution is 2.19. The van der Waals surface area contributed by atoms with E-state index >= 15 is 0 Å². The summed E-state index contributed by atoms with van der Waals surface area (Å²) in [6.07, 6.45) is 1.14. The molecule has 1 atom stereocenters. The van der Waals surface area contributed by atoms with Crippen molar-refractivity contribution in [2.45, 2.75) is 37.8 Å². The standard InChI is InChI=1S/C8H15N3O5S/c9-7(12)4-3-6(8(13)14)11-17(15,16)10-5-1-2-5/h5-6,10-11H,1-4H2,(H2,9,12)(H,13,14). The fraction of sp³-hybridized carbons (Fsp3) is 0.750. The summed E-state index contributed by atoms with van der Waals surface area (Å²) in [4.78, 5) is 21.3. The highest BCUT2D eigenvalue weighted by atomic mass is 32.2. The van der Waals surface area contributed by atoms with E-state index in [-0.39, 0.29) is 18.9 Å². The Bertz CT molecular complexity index is 403. The predicted molar refractivity (Wildman–Crippen MR) is 58.1 cm³/mol. The van der Waals surface area contributed by atoms with Gasteiger partial charge < -0.3 is 10.8 Å². The van der Waals surface area contributed by atoms with Crippen LogP contribution in [0.1, 0.15) is 25.7 Å². The number of carbonyl (C=O) groups excluding carboxylic acids is 1. The van der Waals surface area contributed by atoms with E-state index in [1.807, 2.05) is 4.72 Å². The van der Waals surface area contributed by atoms with Gasteiger partial charge in [0, 0.05) is 12.5 Å². The van der Waals surface area contributed by atoms with Gasteiger partial charge in [-0.1, -0.05) is 0 Å². The molecule has 0 aromatic carbocycles. The predicted octanol–water partition coefficient (Wildman–Crippen LogP) is -1.71. The molecule has 1 rings (SSSR count). The lowest BCUT2D eigenvalue weighted by molar-refractivity contribution is -0.139. The molecule has 0 saturated heterocycles. The van der Waals surface area contributed by atoms with Crippen molar-refractivity contribution in [2.75, 3.05) is 0 Å². The summed E-state index contributed by atoms with van der Waals surface area (Å²) in [5.74, 6) is -2.02. The Kier molecular flexibility index (Phi) is 4.43. The van der Waals surface area contributed by atoms with E-state index in [1.165, 1.54) is 0 Å². The van der Waals surface area contributed by atoms with Crippen LogP contribution in [0, 0.1) is 0 Å². The molecule has 0 spiro atoms. The molecule has 1 saturated carbocycles. The molecule has 8 nitrogen and oxygen atoms in total. The van der Waals surface area contributed by atoms with Crippen LogP contribution in [0.3, 0.4) is 0 Å². The zero-order valence-corrected chi connectivity index (χ0v) is 9.87. The van der Waals surface area contributed by atoms with Crippen molar-refractivity contribution in [2.24, 2.45) is 5.73 Å². The first kappa shape index (κ1) is 13.9. The highest BCUT2D eigenvalue weighted by molar-refractivity contribution is 7.87. The lowest BCUT2D eigenvalue weighted by atomic mass is 10.2. The number of aliphatic carboxylic acids is 1. The monoisotopic (exact) mass is 265 g/mol. The van der Waals surface area contributed by atoms with Crippen LogP contribution in [-0.2, 0) is 19.8 Å². The Labute approximate surface area is 98.7 Å². The van der Waals surface area contributed by atoms with Gasteiger partial charge in [0.1, 0.15) is 6.04 Å². The summed E-state index contributed by atoms with van der Waals surface area (Å²) in [5, 5.41) is 8.79. The van der Waals surface area contributed by atoms with E-state index in [0.717, 1.165) is 12.8 Å². The molecule has 0 heterocycles. The van der Waals surface area contributed by atoms with Gasteiger partial charge in [-0.15, -0.1) is 0 Å². The molecule has 1 fully saturated rings. The molecule has 9 heteroatoms. The molecule has 17 heavy (non-hydrogen) atoms. The van der Waals surface area contributed by atoms with Crippen molar-refractivity contribution in [3.05, 3.63) is 0 Å². The van der Waals surface area contributed by atoms with Crippen LogP contribution in [-0.4, -0.2) is 37.5 Å². The lowest BCUT2D eigenvalue weighted by Gasteiger charge is -2.14. The van der Waals surface area contributed by atoms with Gasteiger partial charge in [0.25, 0.3) is 10.2 Å². The van der Waals surface area contributed by atoms with Gasteiger partial charge >= 0.3 is 5.97 Å². The zero-order valence-electron chi connectivity index (χ0n) is 9.05. The van der Waals surface area contributed by atoms with E-state index in [4.69, 9.17) is 10.8 Å². The normalized spacial score (nSPS) is 17.6. The van der Waals surface area contributed by atoms with Gasteiger partial charge in [0.2, 0.25) is 5.91 Å². The van der Waals surface area contributed by atoms with Crippen molar-refractivity contribution >= 4 is 22.1 Å². The number of primary amides is 1. The lowest BCUT2D eigenvalue weighted by Crippen LogP contribution is -2.47. The minimum Gasteiger partial charge on any atom is -0.480 e. The van der Waals surface area contributed by atoms with Crippen LogP contribution >= 0.6 is 0 Å². The number of hydrogen-bond acceptors (Lipinski definition) is 4. The maximum atomic E-state index is 11.4. The van der Waals surface area contributed by atoms with Gasteiger partial charge in [-0.25, -0.2) is 0 Å². The van der Waals surface area contributed by atoms with E-state index in [0.29, 0.717) is 0 Å². The van der Waals surface area contributed by atoms with Crippen molar-refractivity contribution in [3.8, 4) is 0 Å². The van der Waals surface area contributed by atoms with Gasteiger partial charge in [-0.3, -0.25) is 9.59 Å². The summed E-state index contributed by atoms with van der Waals surface area (Å²) in [6.45, 7) is 0. The van der Waals surface area contributed by atoms with Crippen molar-refractivity contribution in [3.63, 3.8) is 0 Å². The molecule has 0 aromatic heterocycles. The van der Waals surface area contributed by atoms with Gasteiger partial charge in [-0.2, -0.15) is 17.9 Å². The molecule has 1 aliphatic rings. The summed E-state index contributed by atoms with van der Waals surface area (Å²) in [7, 11) is -3.84. The van der Waals surface area contributed by atoms with E-state index in [2.05, 4.69) is 4.72 Å². The maximum absolute atomic E-state index is 11.4. The summed E-state index contributed by atoms with van der Waals surface area (Å²) in [6, 6.07) is -1.46. The van der Waals surface area contributed by atoms with Crippen LogP contribution in [0.4, 0.5) is 0 Å². The van der Waals surface area contributed by atoms with Crippen molar-refractivity contribution in [1.29, 1.82) is 0 Å². The second-order valence-electron chi connectivity index (χ2n) is 3.91. The minimum absolute atomic E-state index is 0.113. The first-order chi connectivity index (χ1) is 7.80. The third-order valence-corrected chi connectivity index (χ3v) is 3.41. The van der Waals surface area contributed by atoms with Gasteiger partial charge in [0.15, 0.2) is 0 Å². The summed E-state index contributed by atoms with van der Waals surface area (Å²) in [5.41, 5.74) is 4.87. The quantitative estimate of drug-likeness (QED) is 0.414. The van der Waals surface area contributed by atoms with Crippen molar-refractivity contribution < 1.29 is 23.1 Å². The second-order valence-corrected chi connectivity index (χ2v) is 5.39. The molecule has 0 bridgehead atoms. The number of nitrogens with two attached hydrogens (primary N) is 1. The average Bonchev–Trinajstić information content (AvgIpc) is 2.94. The fourth-order valence-electron chi connectivity index (χ4n) is 1.16. The molecule has 5 N–H and O–H groups in total. The van der Waals surface area contributed by atoms with Crippen LogP contribution in [0.2, 0.25) is 0 Å². The minimum atomic E-state index is -3.84. The zero-order chi connectivity index (χ0) is 13.1. The number of carboxylic acids is 1. The Morgan fingerprint density at radius 3 is 2.41 bits per heavy atom. The Morgan fingerprint density at radius 2 is 2.00 bits per heavy atom. The number of amides is 1. The number of rotatable bonds is 8. The molecule has 98 valence electrons. The highest BCUT2D eigenvalue weighted by Gasteiger charge is 2.30. The Hall–Kier alpha value is -1.19. The average molecular weight is 265 g/mol. The molecule has 0 aromatic rings. The Balaban J connectivity index is 2.52. The van der Waals surface area contributed by atoms with Crippen molar-refractivity contribution in [1.82, 2.24) is 9.44 Å². The molecule has 1 unspecified atom stereocenters. The SMILES string of the molecule is NC(=O)CCC(NS(=O)(=O)NC1CC1)C(=O)O. The number of carboxylic acid groups (broad SMARTS) is 1. The summed E-state index contributed by atoms with van der Waals surface area (Å²) < 4.78 is 27.1. The number of nitrogens with one attached hydrogen (secondary N) is 2. The fourth-order valence-corrected chi connectivity index (χ4v) is 2.50. The maximum Gasteiger partial charge on any atom is 0.321 e. The molecule has 1 amide bonds. The van der Waals surface area contributed by atoms with Gasteiger partial charge in [0.05, 0.1) is 0 Å². The summed E-state index contributed by atoms with van der Waals surface area (Å²) >= 11 is 0. The van der Waals surface area contributed by atoms with E-state index in [1.54, 1.807) is 0 Å². The van der Waals surface area contributed by atoms with Gasteiger partial charge in [-0.05, 0) is 19.3 Å². The van der Waals surface area contributed by atoms with Crippen LogP contribution in [0.15, 0.2) is 0 Å². The molecule has 1 aliphatic carbocycles. The Morgan fingerprint density at radius 1 is 1.41 bits per heavy atom. The van der Waals surface area contributed by atoms with Crippen LogP contribution in [0.5, 0.6) is 0 Å². The third-order valence-electron chi connectivity index (χ3n) is 2.17. The van der Waals surface area contributed by atoms with E-state index < -0.39 is 28.1 Å². The number of hydrogen-bond donors (Lipinski definition) is 4.